The number of amides is 1. The molecule has 1 aliphatic rings. The van der Waals surface area contributed by atoms with Gasteiger partial charge in [-0.1, -0.05) is 19.9 Å². The largest absolute Gasteiger partial charge is 0.492 e. The number of carbonyl (C=O) groups excluding carboxylic acids is 1. The van der Waals surface area contributed by atoms with Crippen molar-refractivity contribution in [2.24, 2.45) is 5.92 Å². The maximum absolute atomic E-state index is 12.8. The van der Waals surface area contributed by atoms with Gasteiger partial charge in [0.2, 0.25) is 0 Å². The van der Waals surface area contributed by atoms with Crippen molar-refractivity contribution >= 4 is 11.6 Å². The number of hydrogen-bond acceptors (Lipinski definition) is 4. The lowest BCUT2D eigenvalue weighted by Gasteiger charge is -2.20. The van der Waals surface area contributed by atoms with Crippen LogP contribution in [0, 0.1) is 5.92 Å². The molecule has 0 unspecified atom stereocenters. The monoisotopic (exact) mass is 353 g/mol. The second kappa shape index (κ2) is 8.32. The van der Waals surface area contributed by atoms with Crippen molar-refractivity contribution in [2.45, 2.75) is 26.8 Å². The van der Waals surface area contributed by atoms with Gasteiger partial charge in [-0.2, -0.15) is 0 Å². The van der Waals surface area contributed by atoms with Gasteiger partial charge in [0.25, 0.3) is 5.91 Å². The van der Waals surface area contributed by atoms with Gasteiger partial charge in [0.15, 0.2) is 0 Å². The summed E-state index contributed by atoms with van der Waals surface area (Å²) >= 11 is 0. The second-order valence-corrected chi connectivity index (χ2v) is 7.21. The standard InChI is InChI=1S/C21H27N3O2/c1-16(2)8-10-24-11-12-26-20-13-17(6-7-18(20)15-24)21(25)23(3)19-5-4-9-22-14-19/h4-7,9,13-14,16H,8,10-12,15H2,1-3H3. The van der Waals surface area contributed by atoms with Gasteiger partial charge >= 0.3 is 0 Å². The average molecular weight is 353 g/mol. The lowest BCUT2D eigenvalue weighted by Crippen LogP contribution is -2.27. The quantitative estimate of drug-likeness (QED) is 0.824. The molecular weight excluding hydrogens is 326 g/mol. The molecule has 3 rings (SSSR count). The van der Waals surface area contributed by atoms with Crippen LogP contribution in [0.15, 0.2) is 42.7 Å². The average Bonchev–Trinajstić information content (AvgIpc) is 2.87. The van der Waals surface area contributed by atoms with Crippen LogP contribution in [0.5, 0.6) is 5.75 Å². The highest BCUT2D eigenvalue weighted by atomic mass is 16.5. The summed E-state index contributed by atoms with van der Waals surface area (Å²) in [6.45, 7) is 8.01. The molecule has 0 atom stereocenters. The molecular formula is C21H27N3O2. The molecule has 0 saturated heterocycles. The number of anilines is 1. The molecule has 5 nitrogen and oxygen atoms in total. The van der Waals surface area contributed by atoms with Gasteiger partial charge in [0, 0.05) is 37.5 Å². The number of aromatic nitrogens is 1. The summed E-state index contributed by atoms with van der Waals surface area (Å²) in [7, 11) is 1.76. The van der Waals surface area contributed by atoms with Gasteiger partial charge in [0.1, 0.15) is 12.4 Å². The van der Waals surface area contributed by atoms with E-state index in [0.717, 1.165) is 36.6 Å². The molecule has 0 fully saturated rings. The Balaban J connectivity index is 1.74. The highest BCUT2D eigenvalue weighted by molar-refractivity contribution is 6.05. The van der Waals surface area contributed by atoms with Gasteiger partial charge in [0.05, 0.1) is 11.9 Å². The van der Waals surface area contributed by atoms with Crippen molar-refractivity contribution in [3.05, 3.63) is 53.9 Å². The molecule has 0 bridgehead atoms. The summed E-state index contributed by atoms with van der Waals surface area (Å²) in [5, 5.41) is 0. The Morgan fingerprint density at radius 3 is 2.92 bits per heavy atom. The molecule has 0 saturated carbocycles. The maximum atomic E-state index is 12.8. The summed E-state index contributed by atoms with van der Waals surface area (Å²) in [6.07, 6.45) is 4.56. The lowest BCUT2D eigenvalue weighted by molar-refractivity contribution is 0.0992. The van der Waals surface area contributed by atoms with Crippen LogP contribution in [0.25, 0.3) is 0 Å². The van der Waals surface area contributed by atoms with E-state index in [0.29, 0.717) is 18.1 Å². The first kappa shape index (κ1) is 18.4. The second-order valence-electron chi connectivity index (χ2n) is 7.21. The van der Waals surface area contributed by atoms with E-state index >= 15 is 0 Å². The van der Waals surface area contributed by atoms with Crippen molar-refractivity contribution in [3.63, 3.8) is 0 Å². The van der Waals surface area contributed by atoms with E-state index in [9.17, 15) is 4.79 Å². The van der Waals surface area contributed by atoms with Crippen molar-refractivity contribution in [3.8, 4) is 5.75 Å². The first-order valence-electron chi connectivity index (χ1n) is 9.20. The first-order valence-corrected chi connectivity index (χ1v) is 9.20. The summed E-state index contributed by atoms with van der Waals surface area (Å²) in [5.74, 6) is 1.45. The molecule has 5 heteroatoms. The molecule has 0 spiro atoms. The Bertz CT molecular complexity index is 746. The van der Waals surface area contributed by atoms with Crippen molar-refractivity contribution < 1.29 is 9.53 Å². The molecule has 2 aromatic rings. The topological polar surface area (TPSA) is 45.7 Å². The summed E-state index contributed by atoms with van der Waals surface area (Å²) in [4.78, 5) is 20.9. The molecule has 26 heavy (non-hydrogen) atoms. The van der Waals surface area contributed by atoms with Crippen LogP contribution in [-0.2, 0) is 6.54 Å². The molecule has 138 valence electrons. The number of ether oxygens (including phenoxy) is 1. The number of hydrogen-bond donors (Lipinski definition) is 0. The third-order valence-corrected chi connectivity index (χ3v) is 4.73. The summed E-state index contributed by atoms with van der Waals surface area (Å²) in [5.41, 5.74) is 2.55. The molecule has 1 aliphatic heterocycles. The van der Waals surface area contributed by atoms with E-state index < -0.39 is 0 Å². The highest BCUT2D eigenvalue weighted by Crippen LogP contribution is 2.26. The van der Waals surface area contributed by atoms with Crippen LogP contribution in [0.1, 0.15) is 36.2 Å². The van der Waals surface area contributed by atoms with E-state index in [2.05, 4.69) is 23.7 Å². The minimum absolute atomic E-state index is 0.0645. The minimum Gasteiger partial charge on any atom is -0.492 e. The van der Waals surface area contributed by atoms with Gasteiger partial charge < -0.3 is 9.64 Å². The van der Waals surface area contributed by atoms with Gasteiger partial charge in [-0.05, 0) is 43.1 Å². The number of carbonyl (C=O) groups is 1. The number of benzene rings is 1. The Morgan fingerprint density at radius 2 is 2.19 bits per heavy atom. The third kappa shape index (κ3) is 4.41. The van der Waals surface area contributed by atoms with E-state index in [-0.39, 0.29) is 5.91 Å². The number of fused-ring (bicyclic) bond motifs is 1. The highest BCUT2D eigenvalue weighted by Gasteiger charge is 2.19. The van der Waals surface area contributed by atoms with E-state index in [4.69, 9.17) is 4.74 Å². The van der Waals surface area contributed by atoms with Gasteiger partial charge in [-0.25, -0.2) is 0 Å². The van der Waals surface area contributed by atoms with Crippen LogP contribution >= 0.6 is 0 Å². The Morgan fingerprint density at radius 1 is 1.35 bits per heavy atom. The smallest absolute Gasteiger partial charge is 0.258 e. The zero-order valence-corrected chi connectivity index (χ0v) is 15.8. The number of pyridine rings is 1. The van der Waals surface area contributed by atoms with Gasteiger partial charge in [-0.3, -0.25) is 14.7 Å². The fourth-order valence-electron chi connectivity index (χ4n) is 3.05. The van der Waals surface area contributed by atoms with Gasteiger partial charge in [-0.15, -0.1) is 0 Å². The Labute approximate surface area is 155 Å². The number of nitrogens with zero attached hydrogens (tertiary/aromatic N) is 3. The van der Waals surface area contributed by atoms with E-state index in [1.165, 1.54) is 6.42 Å². The lowest BCUT2D eigenvalue weighted by atomic mass is 10.1. The normalized spacial score (nSPS) is 14.5. The molecule has 2 heterocycles. The molecule has 0 N–H and O–H groups in total. The first-order chi connectivity index (χ1) is 12.5. The predicted molar refractivity (Wildman–Crippen MR) is 104 cm³/mol. The maximum Gasteiger partial charge on any atom is 0.258 e. The third-order valence-electron chi connectivity index (χ3n) is 4.73. The SMILES string of the molecule is CC(C)CCN1CCOc2cc(C(=O)N(C)c3cccnc3)ccc2C1. The van der Waals surface area contributed by atoms with E-state index in [1.807, 2.05) is 30.3 Å². The van der Waals surface area contributed by atoms with Crippen molar-refractivity contribution in [2.75, 3.05) is 31.6 Å². The Kier molecular flexibility index (Phi) is 5.89. The summed E-state index contributed by atoms with van der Waals surface area (Å²) in [6, 6.07) is 9.48. The molecule has 0 aliphatic carbocycles. The van der Waals surface area contributed by atoms with Crippen LogP contribution in [0.3, 0.4) is 0 Å². The van der Waals surface area contributed by atoms with Crippen molar-refractivity contribution in [1.82, 2.24) is 9.88 Å². The molecule has 0 radical (unpaired) electrons. The molecule has 1 aromatic carbocycles. The van der Waals surface area contributed by atoms with Crippen LogP contribution in [-0.4, -0.2) is 42.5 Å². The summed E-state index contributed by atoms with van der Waals surface area (Å²) < 4.78 is 5.94. The van der Waals surface area contributed by atoms with Crippen LogP contribution in [0.2, 0.25) is 0 Å². The van der Waals surface area contributed by atoms with E-state index in [1.54, 1.807) is 24.3 Å². The predicted octanol–water partition coefficient (Wildman–Crippen LogP) is 3.60. The molecule has 1 amide bonds. The minimum atomic E-state index is -0.0645. The zero-order valence-electron chi connectivity index (χ0n) is 15.8. The zero-order chi connectivity index (χ0) is 18.5. The van der Waals surface area contributed by atoms with Crippen molar-refractivity contribution in [1.29, 1.82) is 0 Å². The fraction of sp³-hybridized carbons (Fsp3) is 0.429. The van der Waals surface area contributed by atoms with Crippen LogP contribution in [0.4, 0.5) is 5.69 Å². The Hall–Kier alpha value is -2.40. The molecule has 1 aromatic heterocycles. The van der Waals surface area contributed by atoms with Crippen LogP contribution < -0.4 is 9.64 Å². The number of rotatable bonds is 5. The fourth-order valence-corrected chi connectivity index (χ4v) is 3.05.